The van der Waals surface area contributed by atoms with Crippen molar-refractivity contribution in [2.75, 3.05) is 5.88 Å². The first kappa shape index (κ1) is 9.96. The van der Waals surface area contributed by atoms with E-state index < -0.39 is 0 Å². The Kier molecular flexibility index (Phi) is 3.95. The van der Waals surface area contributed by atoms with Gasteiger partial charge in [-0.2, -0.15) is 0 Å². The van der Waals surface area contributed by atoms with E-state index in [-0.39, 0.29) is 11.2 Å². The van der Waals surface area contributed by atoms with E-state index in [4.69, 9.17) is 11.6 Å². The molecule has 0 aromatic carbocycles. The lowest BCUT2D eigenvalue weighted by molar-refractivity contribution is -0.125. The van der Waals surface area contributed by atoms with Crippen molar-refractivity contribution in [3.8, 4) is 0 Å². The molecule has 0 aromatic heterocycles. The summed E-state index contributed by atoms with van der Waals surface area (Å²) in [4.78, 5) is 11.1. The molecule has 0 aliphatic carbocycles. The van der Waals surface area contributed by atoms with Crippen LogP contribution in [0.15, 0.2) is 0 Å². The molecule has 1 nitrogen and oxygen atoms in total. The van der Waals surface area contributed by atoms with E-state index in [1.54, 1.807) is 6.92 Å². The van der Waals surface area contributed by atoms with Crippen LogP contribution in [0.2, 0.25) is 0 Å². The van der Waals surface area contributed by atoms with Gasteiger partial charge in [0.1, 0.15) is 5.78 Å². The highest BCUT2D eigenvalue weighted by Crippen LogP contribution is 2.28. The number of carbonyl (C=O) groups is 1. The number of Topliss-reactive ketones (excluding diaryl/α,β-unsaturated/α-hetero) is 1. The van der Waals surface area contributed by atoms with Gasteiger partial charge in [0.25, 0.3) is 0 Å². The van der Waals surface area contributed by atoms with Crippen LogP contribution in [-0.2, 0) is 4.79 Å². The van der Waals surface area contributed by atoms with Crippen LogP contribution in [0.5, 0.6) is 0 Å². The summed E-state index contributed by atoms with van der Waals surface area (Å²) in [5.41, 5.74) is -0.248. The molecule has 10 heavy (non-hydrogen) atoms. The Morgan fingerprint density at radius 1 is 1.40 bits per heavy atom. The summed E-state index contributed by atoms with van der Waals surface area (Å²) in [6.45, 7) is 5.63. The maximum absolute atomic E-state index is 11.1. The molecule has 0 atom stereocenters. The summed E-state index contributed by atoms with van der Waals surface area (Å²) < 4.78 is 0. The van der Waals surface area contributed by atoms with Crippen LogP contribution >= 0.6 is 11.6 Å². The number of halogens is 1. The Bertz CT molecular complexity index is 108. The molecule has 0 bridgehead atoms. The molecule has 2 heteroatoms. The predicted octanol–water partition coefficient (Wildman–Crippen LogP) is 2.62. The molecule has 0 rings (SSSR count). The Hall–Kier alpha value is -0.0400. The molecule has 0 N–H and O–H groups in total. The molecule has 0 amide bonds. The minimum absolute atomic E-state index is 0.215. The highest BCUT2D eigenvalue weighted by atomic mass is 35.5. The summed E-state index contributed by atoms with van der Waals surface area (Å²) in [5, 5.41) is 0. The first-order chi connectivity index (χ1) is 4.63. The van der Waals surface area contributed by atoms with Crippen molar-refractivity contribution in [2.24, 2.45) is 5.41 Å². The molecule has 0 saturated heterocycles. The Morgan fingerprint density at radius 3 is 1.80 bits per heavy atom. The van der Waals surface area contributed by atoms with Gasteiger partial charge in [0, 0.05) is 11.3 Å². The second-order valence-electron chi connectivity index (χ2n) is 2.68. The number of hydrogen-bond acceptors (Lipinski definition) is 1. The summed E-state index contributed by atoms with van der Waals surface area (Å²) in [6, 6.07) is 0. The van der Waals surface area contributed by atoms with Crippen LogP contribution in [-0.4, -0.2) is 11.7 Å². The van der Waals surface area contributed by atoms with E-state index >= 15 is 0 Å². The second kappa shape index (κ2) is 3.97. The summed E-state index contributed by atoms with van der Waals surface area (Å²) in [5.74, 6) is 0.669. The fraction of sp³-hybridized carbons (Fsp3) is 0.875. The van der Waals surface area contributed by atoms with Gasteiger partial charge in [0.15, 0.2) is 0 Å². The van der Waals surface area contributed by atoms with E-state index in [2.05, 4.69) is 0 Å². The summed E-state index contributed by atoms with van der Waals surface area (Å²) in [7, 11) is 0. The van der Waals surface area contributed by atoms with Crippen LogP contribution < -0.4 is 0 Å². The SMILES string of the molecule is CCC(CC)(CCl)C(C)=O. The van der Waals surface area contributed by atoms with Gasteiger partial charge in [-0.25, -0.2) is 0 Å². The number of alkyl halides is 1. The predicted molar refractivity (Wildman–Crippen MR) is 44.4 cm³/mol. The van der Waals surface area contributed by atoms with E-state index in [1.165, 1.54) is 0 Å². The number of carbonyl (C=O) groups excluding carboxylic acids is 1. The van der Waals surface area contributed by atoms with E-state index in [1.807, 2.05) is 13.8 Å². The lowest BCUT2D eigenvalue weighted by Gasteiger charge is -2.25. The van der Waals surface area contributed by atoms with Gasteiger partial charge >= 0.3 is 0 Å². The Balaban J connectivity index is 4.31. The number of rotatable bonds is 4. The van der Waals surface area contributed by atoms with Gasteiger partial charge in [-0.3, -0.25) is 4.79 Å². The topological polar surface area (TPSA) is 17.1 Å². The zero-order chi connectivity index (χ0) is 8.20. The molecule has 0 aliphatic heterocycles. The maximum atomic E-state index is 11.1. The molecule has 0 aromatic rings. The summed E-state index contributed by atoms with van der Waals surface area (Å²) in [6.07, 6.45) is 1.70. The van der Waals surface area contributed by atoms with Gasteiger partial charge in [0.2, 0.25) is 0 Å². The molecular weight excluding hydrogens is 148 g/mol. The van der Waals surface area contributed by atoms with Crippen molar-refractivity contribution < 1.29 is 4.79 Å². The highest BCUT2D eigenvalue weighted by Gasteiger charge is 2.29. The lowest BCUT2D eigenvalue weighted by Crippen LogP contribution is -2.29. The van der Waals surface area contributed by atoms with Gasteiger partial charge in [0.05, 0.1) is 0 Å². The van der Waals surface area contributed by atoms with Gasteiger partial charge < -0.3 is 0 Å². The average molecular weight is 163 g/mol. The first-order valence-electron chi connectivity index (χ1n) is 3.70. The zero-order valence-corrected chi connectivity index (χ0v) is 7.66. The largest absolute Gasteiger partial charge is 0.299 e. The molecule has 0 saturated carbocycles. The van der Waals surface area contributed by atoms with Crippen LogP contribution in [0.1, 0.15) is 33.6 Å². The highest BCUT2D eigenvalue weighted by molar-refractivity contribution is 6.20. The fourth-order valence-corrected chi connectivity index (χ4v) is 1.60. The normalized spacial score (nSPS) is 11.6. The van der Waals surface area contributed by atoms with Crippen molar-refractivity contribution in [1.82, 2.24) is 0 Å². The second-order valence-corrected chi connectivity index (χ2v) is 2.94. The fourth-order valence-electron chi connectivity index (χ4n) is 1.03. The van der Waals surface area contributed by atoms with E-state index in [0.29, 0.717) is 5.88 Å². The molecule has 0 heterocycles. The van der Waals surface area contributed by atoms with Gasteiger partial charge in [-0.05, 0) is 19.8 Å². The molecule has 0 fully saturated rings. The smallest absolute Gasteiger partial charge is 0.137 e. The van der Waals surface area contributed by atoms with Crippen molar-refractivity contribution in [1.29, 1.82) is 0 Å². The Labute approximate surface area is 67.8 Å². The standard InChI is InChI=1S/C8H15ClO/c1-4-8(5-2,6-9)7(3)10/h4-6H2,1-3H3. The van der Waals surface area contributed by atoms with Crippen LogP contribution in [0, 0.1) is 5.41 Å². The molecular formula is C8H15ClO. The molecule has 60 valence electrons. The third-order valence-electron chi connectivity index (χ3n) is 2.36. The molecule has 0 aliphatic rings. The quantitative estimate of drug-likeness (QED) is 0.581. The number of ketones is 1. The van der Waals surface area contributed by atoms with E-state index in [9.17, 15) is 4.79 Å². The maximum Gasteiger partial charge on any atom is 0.137 e. The minimum Gasteiger partial charge on any atom is -0.299 e. The third-order valence-corrected chi connectivity index (χ3v) is 2.87. The van der Waals surface area contributed by atoms with E-state index in [0.717, 1.165) is 12.8 Å². The zero-order valence-electron chi connectivity index (χ0n) is 6.91. The van der Waals surface area contributed by atoms with Gasteiger partial charge in [-0.1, -0.05) is 13.8 Å². The summed E-state index contributed by atoms with van der Waals surface area (Å²) >= 11 is 5.70. The molecule has 0 unspecified atom stereocenters. The van der Waals surface area contributed by atoms with Crippen LogP contribution in [0.3, 0.4) is 0 Å². The minimum atomic E-state index is -0.248. The van der Waals surface area contributed by atoms with Crippen molar-refractivity contribution in [3.63, 3.8) is 0 Å². The van der Waals surface area contributed by atoms with Crippen LogP contribution in [0.4, 0.5) is 0 Å². The lowest BCUT2D eigenvalue weighted by atomic mass is 9.81. The third kappa shape index (κ3) is 1.72. The first-order valence-corrected chi connectivity index (χ1v) is 4.23. The molecule has 0 radical (unpaired) electrons. The van der Waals surface area contributed by atoms with Crippen molar-refractivity contribution in [3.05, 3.63) is 0 Å². The van der Waals surface area contributed by atoms with Gasteiger partial charge in [-0.15, -0.1) is 11.6 Å². The Morgan fingerprint density at radius 2 is 1.80 bits per heavy atom. The van der Waals surface area contributed by atoms with Crippen LogP contribution in [0.25, 0.3) is 0 Å². The monoisotopic (exact) mass is 162 g/mol. The van der Waals surface area contributed by atoms with Crippen molar-refractivity contribution in [2.45, 2.75) is 33.6 Å². The number of hydrogen-bond donors (Lipinski definition) is 0. The average Bonchev–Trinajstić information content (AvgIpc) is 1.92. The molecule has 0 spiro atoms. The van der Waals surface area contributed by atoms with Crippen molar-refractivity contribution >= 4 is 17.4 Å².